The van der Waals surface area contributed by atoms with Gasteiger partial charge in [-0.15, -0.1) is 0 Å². The molecule has 130 valence electrons. The molecule has 0 bridgehead atoms. The van der Waals surface area contributed by atoms with E-state index in [9.17, 15) is 9.90 Å². The second-order valence-electron chi connectivity index (χ2n) is 6.81. The molecular weight excluding hydrogens is 306 g/mol. The van der Waals surface area contributed by atoms with E-state index in [0.717, 1.165) is 5.56 Å². The molecule has 2 rings (SSSR count). The summed E-state index contributed by atoms with van der Waals surface area (Å²) < 4.78 is 7.09. The zero-order valence-corrected chi connectivity index (χ0v) is 14.6. The number of aryl methyl sites for hydroxylation is 1. The van der Waals surface area contributed by atoms with Crippen LogP contribution in [0.5, 0.6) is 0 Å². The monoisotopic (exact) mass is 331 g/mol. The standard InChI is InChI=1S/C18H25N3O3/c1-18(2,3)24-17(23)21(11-14-8-6-5-7-9-14)13-16(22)15-10-19-20(4)12-15/h5-10,12,16,22H,11,13H2,1-4H3. The third-order valence-corrected chi connectivity index (χ3v) is 3.37. The van der Waals surface area contributed by atoms with E-state index in [4.69, 9.17) is 4.74 Å². The van der Waals surface area contributed by atoms with E-state index in [1.54, 1.807) is 24.1 Å². The molecule has 1 aromatic carbocycles. The Morgan fingerprint density at radius 1 is 1.33 bits per heavy atom. The van der Waals surface area contributed by atoms with Gasteiger partial charge >= 0.3 is 6.09 Å². The third kappa shape index (κ3) is 5.38. The van der Waals surface area contributed by atoms with Gasteiger partial charge in [-0.1, -0.05) is 30.3 Å². The lowest BCUT2D eigenvalue weighted by Crippen LogP contribution is -2.38. The highest BCUT2D eigenvalue weighted by Crippen LogP contribution is 2.18. The lowest BCUT2D eigenvalue weighted by atomic mass is 10.1. The van der Waals surface area contributed by atoms with Crippen molar-refractivity contribution >= 4 is 6.09 Å². The minimum atomic E-state index is -0.824. The average Bonchev–Trinajstić information content (AvgIpc) is 2.92. The Morgan fingerprint density at radius 2 is 2.00 bits per heavy atom. The van der Waals surface area contributed by atoms with Crippen LogP contribution in [0, 0.1) is 0 Å². The molecule has 1 unspecified atom stereocenters. The fraction of sp³-hybridized carbons (Fsp3) is 0.444. The molecule has 0 aliphatic heterocycles. The minimum Gasteiger partial charge on any atom is -0.444 e. The summed E-state index contributed by atoms with van der Waals surface area (Å²) in [5.41, 5.74) is 1.05. The zero-order valence-electron chi connectivity index (χ0n) is 14.6. The number of amides is 1. The molecule has 0 radical (unpaired) electrons. The topological polar surface area (TPSA) is 67.6 Å². The number of nitrogens with zero attached hydrogens (tertiary/aromatic N) is 3. The van der Waals surface area contributed by atoms with Gasteiger partial charge in [0.2, 0.25) is 0 Å². The van der Waals surface area contributed by atoms with Crippen LogP contribution in [0.1, 0.15) is 38.0 Å². The van der Waals surface area contributed by atoms with Crippen LogP contribution < -0.4 is 0 Å². The SMILES string of the molecule is Cn1cc(C(O)CN(Cc2ccccc2)C(=O)OC(C)(C)C)cn1. The van der Waals surface area contributed by atoms with Crippen molar-refractivity contribution in [1.29, 1.82) is 0 Å². The Kier molecular flexibility index (Phi) is 5.62. The maximum atomic E-state index is 12.5. The molecule has 0 aliphatic rings. The van der Waals surface area contributed by atoms with E-state index in [1.165, 1.54) is 4.90 Å². The van der Waals surface area contributed by atoms with E-state index < -0.39 is 17.8 Å². The molecule has 1 N–H and O–H groups in total. The number of aliphatic hydroxyl groups is 1. The van der Waals surface area contributed by atoms with Crippen molar-refractivity contribution in [2.45, 2.75) is 39.0 Å². The summed E-state index contributed by atoms with van der Waals surface area (Å²) in [4.78, 5) is 14.0. The van der Waals surface area contributed by atoms with Crippen LogP contribution in [0.25, 0.3) is 0 Å². The Hall–Kier alpha value is -2.34. The first kappa shape index (κ1) is 18.0. The van der Waals surface area contributed by atoms with Crippen molar-refractivity contribution in [2.24, 2.45) is 7.05 Å². The fourth-order valence-corrected chi connectivity index (χ4v) is 2.26. The van der Waals surface area contributed by atoms with Crippen LogP contribution in [0.15, 0.2) is 42.7 Å². The number of hydrogen-bond acceptors (Lipinski definition) is 4. The van der Waals surface area contributed by atoms with Crippen LogP contribution in [0.3, 0.4) is 0 Å². The number of hydrogen-bond donors (Lipinski definition) is 1. The maximum Gasteiger partial charge on any atom is 0.410 e. The summed E-state index contributed by atoms with van der Waals surface area (Å²) >= 11 is 0. The molecule has 2 aromatic rings. The van der Waals surface area contributed by atoms with Crippen molar-refractivity contribution in [1.82, 2.24) is 14.7 Å². The van der Waals surface area contributed by atoms with Crippen LogP contribution in [-0.2, 0) is 18.3 Å². The van der Waals surface area contributed by atoms with Gasteiger partial charge in [-0.2, -0.15) is 5.10 Å². The van der Waals surface area contributed by atoms with Crippen LogP contribution in [0.2, 0.25) is 0 Å². The smallest absolute Gasteiger partial charge is 0.410 e. The second kappa shape index (κ2) is 7.49. The van der Waals surface area contributed by atoms with Crippen molar-refractivity contribution in [3.8, 4) is 0 Å². The highest BCUT2D eigenvalue weighted by Gasteiger charge is 2.25. The Labute approximate surface area is 142 Å². The van der Waals surface area contributed by atoms with Crippen molar-refractivity contribution in [3.05, 3.63) is 53.9 Å². The summed E-state index contributed by atoms with van der Waals surface area (Å²) in [6, 6.07) is 9.63. The van der Waals surface area contributed by atoms with Crippen molar-refractivity contribution in [2.75, 3.05) is 6.54 Å². The molecule has 6 nitrogen and oxygen atoms in total. The summed E-state index contributed by atoms with van der Waals surface area (Å²) in [5.74, 6) is 0. The maximum absolute atomic E-state index is 12.5. The van der Waals surface area contributed by atoms with Gasteiger partial charge in [0.15, 0.2) is 0 Å². The first-order chi connectivity index (χ1) is 11.2. The molecule has 1 amide bonds. The van der Waals surface area contributed by atoms with Crippen molar-refractivity contribution < 1.29 is 14.6 Å². The molecule has 0 spiro atoms. The molecule has 1 heterocycles. The van der Waals surface area contributed by atoms with Gasteiger partial charge in [-0.3, -0.25) is 4.68 Å². The average molecular weight is 331 g/mol. The van der Waals surface area contributed by atoms with Gasteiger partial charge in [-0.25, -0.2) is 4.79 Å². The predicted octanol–water partition coefficient (Wildman–Crippen LogP) is 2.89. The largest absolute Gasteiger partial charge is 0.444 e. The summed E-state index contributed by atoms with van der Waals surface area (Å²) in [5, 5.41) is 14.5. The number of aromatic nitrogens is 2. The number of benzene rings is 1. The van der Waals surface area contributed by atoms with Crippen molar-refractivity contribution in [3.63, 3.8) is 0 Å². The van der Waals surface area contributed by atoms with Gasteiger partial charge in [0.1, 0.15) is 5.60 Å². The summed E-state index contributed by atoms with van der Waals surface area (Å²) in [7, 11) is 1.78. The van der Waals surface area contributed by atoms with Gasteiger partial charge in [0.25, 0.3) is 0 Å². The van der Waals surface area contributed by atoms with E-state index in [1.807, 2.05) is 51.1 Å². The third-order valence-electron chi connectivity index (χ3n) is 3.37. The molecular formula is C18H25N3O3. The molecule has 6 heteroatoms. The fourth-order valence-electron chi connectivity index (χ4n) is 2.26. The van der Waals surface area contributed by atoms with Gasteiger partial charge in [0.05, 0.1) is 18.8 Å². The van der Waals surface area contributed by atoms with Crippen LogP contribution >= 0.6 is 0 Å². The van der Waals surface area contributed by atoms with E-state index in [2.05, 4.69) is 5.10 Å². The minimum absolute atomic E-state index is 0.134. The highest BCUT2D eigenvalue weighted by atomic mass is 16.6. The lowest BCUT2D eigenvalue weighted by molar-refractivity contribution is 0.0124. The van der Waals surface area contributed by atoms with E-state index in [0.29, 0.717) is 12.1 Å². The summed E-state index contributed by atoms with van der Waals surface area (Å²) in [6.07, 6.45) is 2.06. The predicted molar refractivity (Wildman–Crippen MR) is 91.3 cm³/mol. The molecule has 0 aliphatic carbocycles. The molecule has 24 heavy (non-hydrogen) atoms. The number of carbonyl (C=O) groups excluding carboxylic acids is 1. The quantitative estimate of drug-likeness (QED) is 0.915. The first-order valence-corrected chi connectivity index (χ1v) is 7.93. The Balaban J connectivity index is 2.13. The van der Waals surface area contributed by atoms with Crippen LogP contribution in [-0.4, -0.2) is 38.0 Å². The second-order valence-corrected chi connectivity index (χ2v) is 6.81. The number of carbonyl (C=O) groups is 1. The van der Waals surface area contributed by atoms with Gasteiger partial charge in [-0.05, 0) is 26.3 Å². The molecule has 0 saturated carbocycles. The van der Waals surface area contributed by atoms with E-state index >= 15 is 0 Å². The van der Waals surface area contributed by atoms with Gasteiger partial charge in [0, 0.05) is 25.4 Å². The molecule has 0 saturated heterocycles. The molecule has 1 atom stereocenters. The van der Waals surface area contributed by atoms with Crippen LogP contribution in [0.4, 0.5) is 4.79 Å². The molecule has 0 fully saturated rings. The number of ether oxygens (including phenoxy) is 1. The van der Waals surface area contributed by atoms with E-state index in [-0.39, 0.29) is 6.54 Å². The Morgan fingerprint density at radius 3 is 2.54 bits per heavy atom. The lowest BCUT2D eigenvalue weighted by Gasteiger charge is -2.28. The Bertz CT molecular complexity index is 662. The molecule has 1 aromatic heterocycles. The number of aliphatic hydroxyl groups excluding tert-OH is 1. The first-order valence-electron chi connectivity index (χ1n) is 7.93. The normalized spacial score (nSPS) is 12.7. The summed E-state index contributed by atoms with van der Waals surface area (Å²) in [6.45, 7) is 5.97. The zero-order chi connectivity index (χ0) is 17.7. The number of rotatable bonds is 5. The van der Waals surface area contributed by atoms with Gasteiger partial charge < -0.3 is 14.7 Å². The highest BCUT2D eigenvalue weighted by molar-refractivity contribution is 5.68.